The molecule has 0 bridgehead atoms. The van der Waals surface area contributed by atoms with E-state index in [-0.39, 0.29) is 25.2 Å². The van der Waals surface area contributed by atoms with E-state index in [1.165, 1.54) is 4.90 Å². The normalized spacial score (nSPS) is 17.6. The molecule has 1 aliphatic heterocycles. The van der Waals surface area contributed by atoms with E-state index in [0.717, 1.165) is 11.3 Å². The van der Waals surface area contributed by atoms with Gasteiger partial charge in [0.25, 0.3) is 0 Å². The third-order valence-electron chi connectivity index (χ3n) is 4.22. The molecule has 1 saturated heterocycles. The summed E-state index contributed by atoms with van der Waals surface area (Å²) >= 11 is 0. The SMILES string of the molecule is C=CCCOC(=O)N1CC(=O)N(Cc2ccccc2OC)CC(OC)C1. The van der Waals surface area contributed by atoms with Crippen LogP contribution in [0.3, 0.4) is 0 Å². The Morgan fingerprint density at radius 2 is 2.08 bits per heavy atom. The molecule has 1 atom stereocenters. The van der Waals surface area contributed by atoms with Gasteiger partial charge < -0.3 is 19.1 Å². The van der Waals surface area contributed by atoms with Crippen LogP contribution in [0, 0.1) is 0 Å². The Hall–Kier alpha value is -2.54. The standard InChI is InChI=1S/C19H26N2O5/c1-4-5-10-26-19(23)21-13-16(24-2)12-20(18(22)14-21)11-15-8-6-7-9-17(15)25-3/h4,6-9,16H,1,5,10-14H2,2-3H3. The molecular weight excluding hydrogens is 336 g/mol. The first-order valence-corrected chi connectivity index (χ1v) is 8.54. The minimum atomic E-state index is -0.513. The van der Waals surface area contributed by atoms with Crippen molar-refractivity contribution in [3.63, 3.8) is 0 Å². The van der Waals surface area contributed by atoms with Crippen molar-refractivity contribution in [2.75, 3.05) is 40.5 Å². The first kappa shape index (κ1) is 19.8. The molecule has 1 aromatic rings. The van der Waals surface area contributed by atoms with Crippen LogP contribution in [0.25, 0.3) is 0 Å². The molecule has 0 N–H and O–H groups in total. The van der Waals surface area contributed by atoms with Gasteiger partial charge in [-0.15, -0.1) is 6.58 Å². The minimum Gasteiger partial charge on any atom is -0.496 e. The lowest BCUT2D eigenvalue weighted by atomic mass is 10.2. The van der Waals surface area contributed by atoms with Gasteiger partial charge in [-0.25, -0.2) is 4.79 Å². The number of ether oxygens (including phenoxy) is 3. The molecule has 0 radical (unpaired) electrons. The van der Waals surface area contributed by atoms with Gasteiger partial charge in [-0.05, 0) is 12.5 Å². The summed E-state index contributed by atoms with van der Waals surface area (Å²) in [5.74, 6) is 0.565. The number of hydrogen-bond donors (Lipinski definition) is 0. The van der Waals surface area contributed by atoms with E-state index in [1.54, 1.807) is 25.2 Å². The van der Waals surface area contributed by atoms with E-state index < -0.39 is 6.09 Å². The zero-order valence-electron chi connectivity index (χ0n) is 15.3. The number of benzene rings is 1. The lowest BCUT2D eigenvalue weighted by molar-refractivity contribution is -0.132. The number of amides is 2. The van der Waals surface area contributed by atoms with Gasteiger partial charge >= 0.3 is 6.09 Å². The third-order valence-corrected chi connectivity index (χ3v) is 4.22. The Morgan fingerprint density at radius 1 is 1.31 bits per heavy atom. The first-order valence-electron chi connectivity index (χ1n) is 8.54. The molecule has 1 heterocycles. The molecule has 26 heavy (non-hydrogen) atoms. The topological polar surface area (TPSA) is 68.3 Å². The van der Waals surface area contributed by atoms with Gasteiger partial charge in [0, 0.05) is 25.8 Å². The number of carbonyl (C=O) groups is 2. The van der Waals surface area contributed by atoms with Crippen molar-refractivity contribution in [1.82, 2.24) is 9.80 Å². The number of methoxy groups -OCH3 is 2. The van der Waals surface area contributed by atoms with E-state index in [0.29, 0.717) is 26.1 Å². The number of hydrogen-bond acceptors (Lipinski definition) is 5. The molecule has 2 rings (SSSR count). The van der Waals surface area contributed by atoms with Crippen molar-refractivity contribution in [2.24, 2.45) is 0 Å². The average Bonchev–Trinajstić information content (AvgIpc) is 2.81. The molecule has 1 unspecified atom stereocenters. The lowest BCUT2D eigenvalue weighted by Gasteiger charge is -2.24. The van der Waals surface area contributed by atoms with Crippen LogP contribution in [0.4, 0.5) is 4.79 Å². The molecular formula is C19H26N2O5. The van der Waals surface area contributed by atoms with E-state index in [1.807, 2.05) is 24.3 Å². The summed E-state index contributed by atoms with van der Waals surface area (Å²) < 4.78 is 16.0. The molecule has 0 saturated carbocycles. The maximum atomic E-state index is 12.7. The molecule has 0 aliphatic carbocycles. The molecule has 7 nitrogen and oxygen atoms in total. The average molecular weight is 362 g/mol. The van der Waals surface area contributed by atoms with Gasteiger partial charge in [0.1, 0.15) is 12.3 Å². The van der Waals surface area contributed by atoms with Crippen molar-refractivity contribution < 1.29 is 23.8 Å². The quantitative estimate of drug-likeness (QED) is 0.549. The minimum absolute atomic E-state index is 0.0398. The van der Waals surface area contributed by atoms with E-state index in [9.17, 15) is 9.59 Å². The Morgan fingerprint density at radius 3 is 2.77 bits per heavy atom. The highest BCUT2D eigenvalue weighted by atomic mass is 16.6. The van der Waals surface area contributed by atoms with Crippen molar-refractivity contribution >= 4 is 12.0 Å². The summed E-state index contributed by atoms with van der Waals surface area (Å²) in [6.45, 7) is 4.88. The van der Waals surface area contributed by atoms with Crippen LogP contribution in [0.5, 0.6) is 5.75 Å². The molecule has 7 heteroatoms. The van der Waals surface area contributed by atoms with Gasteiger partial charge in [0.15, 0.2) is 0 Å². The fraction of sp³-hybridized carbons (Fsp3) is 0.474. The highest BCUT2D eigenvalue weighted by molar-refractivity contribution is 5.83. The van der Waals surface area contributed by atoms with Gasteiger partial charge in [-0.2, -0.15) is 0 Å². The second kappa shape index (κ2) is 9.82. The summed E-state index contributed by atoms with van der Waals surface area (Å²) in [6, 6.07) is 7.55. The Balaban J connectivity index is 2.09. The number of nitrogens with zero attached hydrogens (tertiary/aromatic N) is 2. The largest absolute Gasteiger partial charge is 0.496 e. The van der Waals surface area contributed by atoms with Crippen molar-refractivity contribution in [1.29, 1.82) is 0 Å². The predicted octanol–water partition coefficient (Wildman–Crippen LogP) is 2.07. The van der Waals surface area contributed by atoms with Crippen LogP contribution in [-0.2, 0) is 20.8 Å². The van der Waals surface area contributed by atoms with Crippen LogP contribution >= 0.6 is 0 Å². The Labute approximate surface area is 154 Å². The smallest absolute Gasteiger partial charge is 0.410 e. The summed E-state index contributed by atoms with van der Waals surface area (Å²) in [6.07, 6.45) is 1.44. The monoisotopic (exact) mass is 362 g/mol. The highest BCUT2D eigenvalue weighted by Gasteiger charge is 2.31. The molecule has 0 spiro atoms. The van der Waals surface area contributed by atoms with Crippen LogP contribution in [0.15, 0.2) is 36.9 Å². The van der Waals surface area contributed by atoms with Crippen LogP contribution < -0.4 is 4.74 Å². The molecule has 2 amide bonds. The zero-order valence-corrected chi connectivity index (χ0v) is 15.3. The summed E-state index contributed by atoms with van der Waals surface area (Å²) in [4.78, 5) is 28.0. The Bertz CT molecular complexity index is 634. The summed E-state index contributed by atoms with van der Waals surface area (Å²) in [5, 5.41) is 0. The summed E-state index contributed by atoms with van der Waals surface area (Å²) in [7, 11) is 3.17. The van der Waals surface area contributed by atoms with E-state index in [2.05, 4.69) is 6.58 Å². The fourth-order valence-electron chi connectivity index (χ4n) is 2.78. The number of carbonyl (C=O) groups excluding carboxylic acids is 2. The van der Waals surface area contributed by atoms with Crippen LogP contribution in [-0.4, -0.2) is 68.4 Å². The van der Waals surface area contributed by atoms with Gasteiger partial charge in [0.05, 0.1) is 26.4 Å². The molecule has 1 fully saturated rings. The first-order chi connectivity index (χ1) is 12.6. The van der Waals surface area contributed by atoms with Crippen LogP contribution in [0.1, 0.15) is 12.0 Å². The van der Waals surface area contributed by atoms with Gasteiger partial charge in [-0.1, -0.05) is 24.3 Å². The zero-order chi connectivity index (χ0) is 18.9. The third kappa shape index (κ3) is 5.23. The van der Waals surface area contributed by atoms with E-state index in [4.69, 9.17) is 14.2 Å². The molecule has 142 valence electrons. The molecule has 1 aromatic carbocycles. The molecule has 0 aromatic heterocycles. The second-order valence-electron chi connectivity index (χ2n) is 6.02. The Kier molecular flexibility index (Phi) is 7.47. The van der Waals surface area contributed by atoms with Gasteiger partial charge in [0.2, 0.25) is 5.91 Å². The lowest BCUT2D eigenvalue weighted by Crippen LogP contribution is -2.40. The van der Waals surface area contributed by atoms with Crippen LogP contribution in [0.2, 0.25) is 0 Å². The second-order valence-corrected chi connectivity index (χ2v) is 6.02. The van der Waals surface area contributed by atoms with E-state index >= 15 is 0 Å². The predicted molar refractivity (Wildman–Crippen MR) is 96.9 cm³/mol. The van der Waals surface area contributed by atoms with Crippen molar-refractivity contribution in [3.8, 4) is 5.75 Å². The maximum Gasteiger partial charge on any atom is 0.410 e. The highest BCUT2D eigenvalue weighted by Crippen LogP contribution is 2.21. The fourth-order valence-corrected chi connectivity index (χ4v) is 2.78. The number of rotatable bonds is 7. The molecule has 1 aliphatic rings. The number of para-hydroxylation sites is 1. The van der Waals surface area contributed by atoms with Gasteiger partial charge in [-0.3, -0.25) is 9.69 Å². The maximum absolute atomic E-state index is 12.7. The van der Waals surface area contributed by atoms with Crippen molar-refractivity contribution in [3.05, 3.63) is 42.5 Å². The summed E-state index contributed by atoms with van der Waals surface area (Å²) in [5.41, 5.74) is 0.903. The van der Waals surface area contributed by atoms with Crippen molar-refractivity contribution in [2.45, 2.75) is 19.1 Å².